The lowest BCUT2D eigenvalue weighted by Crippen LogP contribution is -2.43. The molecule has 1 aromatic heterocycles. The number of amides is 1. The second-order valence-electron chi connectivity index (χ2n) is 6.93. The summed E-state index contributed by atoms with van der Waals surface area (Å²) in [6, 6.07) is 16.5. The van der Waals surface area contributed by atoms with Crippen LogP contribution in [0.2, 0.25) is 0 Å². The van der Waals surface area contributed by atoms with Crippen LogP contribution >= 0.6 is 0 Å². The van der Waals surface area contributed by atoms with Gasteiger partial charge in [-0.3, -0.25) is 4.79 Å². The summed E-state index contributed by atoms with van der Waals surface area (Å²) in [5.41, 5.74) is 2.91. The molecule has 0 aliphatic carbocycles. The summed E-state index contributed by atoms with van der Waals surface area (Å²) in [5, 5.41) is 10.8. The second-order valence-corrected chi connectivity index (χ2v) is 6.93. The summed E-state index contributed by atoms with van der Waals surface area (Å²) in [7, 11) is 0. The van der Waals surface area contributed by atoms with Crippen molar-refractivity contribution in [1.82, 2.24) is 15.5 Å². The van der Waals surface area contributed by atoms with Crippen molar-refractivity contribution in [2.75, 3.05) is 6.61 Å². The first kappa shape index (κ1) is 21.2. The van der Waals surface area contributed by atoms with Gasteiger partial charge in [0.25, 0.3) is 0 Å². The number of benzene rings is 2. The van der Waals surface area contributed by atoms with Gasteiger partial charge in [-0.05, 0) is 31.5 Å². The zero-order valence-electron chi connectivity index (χ0n) is 17.1. The van der Waals surface area contributed by atoms with Crippen molar-refractivity contribution in [3.8, 4) is 11.5 Å². The molecule has 156 valence electrons. The van der Waals surface area contributed by atoms with Gasteiger partial charge >= 0.3 is 5.97 Å². The average Bonchev–Trinajstić information content (AvgIpc) is 3.22. The summed E-state index contributed by atoms with van der Waals surface area (Å²) >= 11 is 0. The SMILES string of the molecule is CCOC(=O)C(Cc1ccccc1)NC(=O)CCc1nnc(-c2ccc(C)cc2)o1. The molecule has 0 spiro atoms. The Bertz CT molecular complexity index is 968. The number of aromatic nitrogens is 2. The summed E-state index contributed by atoms with van der Waals surface area (Å²) in [6.45, 7) is 3.99. The Balaban J connectivity index is 1.57. The third-order valence-electron chi connectivity index (χ3n) is 4.52. The molecule has 1 amide bonds. The number of hydrogen-bond donors (Lipinski definition) is 1. The minimum absolute atomic E-state index is 0.125. The highest BCUT2D eigenvalue weighted by Crippen LogP contribution is 2.18. The molecule has 30 heavy (non-hydrogen) atoms. The van der Waals surface area contributed by atoms with Gasteiger partial charge in [0.05, 0.1) is 6.61 Å². The highest BCUT2D eigenvalue weighted by molar-refractivity contribution is 5.84. The van der Waals surface area contributed by atoms with Gasteiger partial charge in [0.15, 0.2) is 0 Å². The average molecular weight is 407 g/mol. The molecule has 1 unspecified atom stereocenters. The number of hydrogen-bond acceptors (Lipinski definition) is 6. The Labute approximate surface area is 175 Å². The monoisotopic (exact) mass is 407 g/mol. The van der Waals surface area contributed by atoms with Crippen LogP contribution in [-0.4, -0.2) is 34.7 Å². The quantitative estimate of drug-likeness (QED) is 0.547. The molecule has 7 nitrogen and oxygen atoms in total. The number of carbonyl (C=O) groups excluding carboxylic acids is 2. The van der Waals surface area contributed by atoms with Crippen molar-refractivity contribution in [1.29, 1.82) is 0 Å². The molecule has 3 rings (SSSR count). The zero-order valence-corrected chi connectivity index (χ0v) is 17.1. The van der Waals surface area contributed by atoms with E-state index in [-0.39, 0.29) is 25.4 Å². The van der Waals surface area contributed by atoms with Crippen LogP contribution in [0.15, 0.2) is 59.0 Å². The molecule has 3 aromatic rings. The number of aryl methyl sites for hydroxylation is 2. The fourth-order valence-corrected chi connectivity index (χ4v) is 2.94. The molecule has 0 aliphatic heterocycles. The minimum Gasteiger partial charge on any atom is -0.464 e. The molecule has 0 saturated heterocycles. The first-order valence-corrected chi connectivity index (χ1v) is 9.94. The van der Waals surface area contributed by atoms with Crippen LogP contribution in [0.3, 0.4) is 0 Å². The molecule has 2 aromatic carbocycles. The highest BCUT2D eigenvalue weighted by Gasteiger charge is 2.22. The number of rotatable bonds is 9. The summed E-state index contributed by atoms with van der Waals surface area (Å²) in [4.78, 5) is 24.7. The van der Waals surface area contributed by atoms with Crippen LogP contribution in [0, 0.1) is 6.92 Å². The van der Waals surface area contributed by atoms with Gasteiger partial charge < -0.3 is 14.5 Å². The van der Waals surface area contributed by atoms with Gasteiger partial charge in [0.1, 0.15) is 6.04 Å². The van der Waals surface area contributed by atoms with E-state index >= 15 is 0 Å². The normalized spacial score (nSPS) is 11.7. The number of ether oxygens (including phenoxy) is 1. The van der Waals surface area contributed by atoms with Crippen LogP contribution in [0.1, 0.15) is 30.4 Å². The van der Waals surface area contributed by atoms with E-state index in [9.17, 15) is 9.59 Å². The molecule has 7 heteroatoms. The van der Waals surface area contributed by atoms with Crippen LogP contribution in [0.25, 0.3) is 11.5 Å². The van der Waals surface area contributed by atoms with E-state index in [2.05, 4.69) is 15.5 Å². The predicted molar refractivity (Wildman–Crippen MR) is 112 cm³/mol. The van der Waals surface area contributed by atoms with Crippen molar-refractivity contribution in [2.24, 2.45) is 0 Å². The molecule has 1 heterocycles. The fourth-order valence-electron chi connectivity index (χ4n) is 2.94. The van der Waals surface area contributed by atoms with Crippen molar-refractivity contribution in [2.45, 2.75) is 39.2 Å². The largest absolute Gasteiger partial charge is 0.464 e. The van der Waals surface area contributed by atoms with Crippen molar-refractivity contribution in [3.05, 3.63) is 71.6 Å². The maximum Gasteiger partial charge on any atom is 0.328 e. The number of nitrogens with one attached hydrogen (secondary N) is 1. The number of nitrogens with zero attached hydrogens (tertiary/aromatic N) is 2. The van der Waals surface area contributed by atoms with Crippen LogP contribution < -0.4 is 5.32 Å². The standard InChI is InChI=1S/C23H25N3O4/c1-3-29-23(28)19(15-17-7-5-4-6-8-17)24-20(27)13-14-21-25-26-22(30-21)18-11-9-16(2)10-12-18/h4-12,19H,3,13-15H2,1-2H3,(H,24,27). The van der Waals surface area contributed by atoms with Gasteiger partial charge in [0, 0.05) is 24.8 Å². The number of carbonyl (C=O) groups is 2. The third-order valence-corrected chi connectivity index (χ3v) is 4.52. The minimum atomic E-state index is -0.745. The van der Waals surface area contributed by atoms with Crippen molar-refractivity contribution < 1.29 is 18.7 Å². The van der Waals surface area contributed by atoms with E-state index in [1.165, 1.54) is 0 Å². The van der Waals surface area contributed by atoms with E-state index in [0.717, 1.165) is 16.7 Å². The molecule has 0 aliphatic rings. The highest BCUT2D eigenvalue weighted by atomic mass is 16.5. The Hall–Kier alpha value is -3.48. The Morgan fingerprint density at radius 1 is 1.07 bits per heavy atom. The van der Waals surface area contributed by atoms with E-state index in [1.807, 2.05) is 61.5 Å². The molecular formula is C23H25N3O4. The lowest BCUT2D eigenvalue weighted by molar-refractivity contribution is -0.147. The summed E-state index contributed by atoms with van der Waals surface area (Å²) < 4.78 is 10.8. The Kier molecular flexibility index (Phi) is 7.32. The summed E-state index contributed by atoms with van der Waals surface area (Å²) in [6.07, 6.45) is 0.773. The van der Waals surface area contributed by atoms with Crippen LogP contribution in [0.5, 0.6) is 0 Å². The van der Waals surface area contributed by atoms with E-state index in [0.29, 0.717) is 18.2 Å². The molecular weight excluding hydrogens is 382 g/mol. The van der Waals surface area contributed by atoms with E-state index in [4.69, 9.17) is 9.15 Å². The van der Waals surface area contributed by atoms with Crippen molar-refractivity contribution in [3.63, 3.8) is 0 Å². The second kappa shape index (κ2) is 10.3. The molecule has 0 radical (unpaired) electrons. The fraction of sp³-hybridized carbons (Fsp3) is 0.304. The first-order valence-electron chi connectivity index (χ1n) is 9.94. The lowest BCUT2D eigenvalue weighted by atomic mass is 10.1. The molecule has 0 fully saturated rings. The molecule has 1 N–H and O–H groups in total. The maximum absolute atomic E-state index is 12.4. The topological polar surface area (TPSA) is 94.3 Å². The Morgan fingerprint density at radius 2 is 1.80 bits per heavy atom. The van der Waals surface area contributed by atoms with E-state index in [1.54, 1.807) is 6.92 Å². The van der Waals surface area contributed by atoms with Gasteiger partial charge in [0.2, 0.25) is 17.7 Å². The van der Waals surface area contributed by atoms with Gasteiger partial charge in [-0.1, -0.05) is 48.0 Å². The van der Waals surface area contributed by atoms with E-state index < -0.39 is 12.0 Å². The third kappa shape index (κ3) is 6.01. The number of esters is 1. The first-order chi connectivity index (χ1) is 14.5. The Morgan fingerprint density at radius 3 is 2.50 bits per heavy atom. The van der Waals surface area contributed by atoms with Gasteiger partial charge in [-0.25, -0.2) is 4.79 Å². The van der Waals surface area contributed by atoms with Crippen LogP contribution in [-0.2, 0) is 27.2 Å². The smallest absolute Gasteiger partial charge is 0.328 e. The molecule has 0 saturated carbocycles. The maximum atomic E-state index is 12.4. The van der Waals surface area contributed by atoms with Crippen molar-refractivity contribution >= 4 is 11.9 Å². The molecule has 1 atom stereocenters. The zero-order chi connectivity index (χ0) is 21.3. The summed E-state index contributed by atoms with van der Waals surface area (Å²) in [5.74, 6) is 0.0589. The lowest BCUT2D eigenvalue weighted by Gasteiger charge is -2.17. The molecule has 0 bridgehead atoms. The predicted octanol–water partition coefficient (Wildman–Crippen LogP) is 3.27. The van der Waals surface area contributed by atoms with Crippen LogP contribution in [0.4, 0.5) is 0 Å². The van der Waals surface area contributed by atoms with Gasteiger partial charge in [-0.2, -0.15) is 0 Å². The van der Waals surface area contributed by atoms with Gasteiger partial charge in [-0.15, -0.1) is 10.2 Å².